The van der Waals surface area contributed by atoms with Crippen molar-refractivity contribution in [3.63, 3.8) is 0 Å². The zero-order valence-corrected chi connectivity index (χ0v) is 17.1. The number of hydrogen-bond acceptors (Lipinski definition) is 6. The molecule has 1 fully saturated rings. The normalized spacial score (nSPS) is 14.7. The van der Waals surface area contributed by atoms with Gasteiger partial charge >= 0.3 is 0 Å². The van der Waals surface area contributed by atoms with Gasteiger partial charge in [-0.3, -0.25) is 4.79 Å². The third kappa shape index (κ3) is 4.26. The molecule has 1 aliphatic rings. The molecule has 26 heavy (non-hydrogen) atoms. The second kappa shape index (κ2) is 7.39. The van der Waals surface area contributed by atoms with Crippen LogP contribution >= 0.6 is 22.6 Å². The van der Waals surface area contributed by atoms with E-state index in [1.165, 1.54) is 12.3 Å². The number of carbonyl (C=O) groups excluding carboxylic acids is 1. The quantitative estimate of drug-likeness (QED) is 0.514. The summed E-state index contributed by atoms with van der Waals surface area (Å²) in [6.45, 7) is 1.14. The standard InChI is InChI=1S/C17H18IN3O4S/c1-26(23,24)16-5-4-12(9-20-16)25-15-8-13(18)14(19)7-11(15)10-21-6-2-3-17(21)22/h4-5,7-9H,2-3,6,10,19H2,1H3. The molecule has 138 valence electrons. The first-order valence-corrected chi connectivity index (χ1v) is 10.9. The number of amides is 1. The number of likely N-dealkylation sites (tertiary alicyclic amines) is 1. The molecule has 1 aromatic heterocycles. The van der Waals surface area contributed by atoms with Gasteiger partial charge in [-0.05, 0) is 53.3 Å². The Labute approximate surface area is 165 Å². The van der Waals surface area contributed by atoms with Gasteiger partial charge in [-0.1, -0.05) is 0 Å². The van der Waals surface area contributed by atoms with Gasteiger partial charge in [0.2, 0.25) is 5.91 Å². The minimum absolute atomic E-state index is 0.0142. The molecule has 9 heteroatoms. The smallest absolute Gasteiger partial charge is 0.222 e. The van der Waals surface area contributed by atoms with Crippen LogP contribution in [-0.2, 0) is 21.2 Å². The van der Waals surface area contributed by atoms with Gasteiger partial charge in [-0.25, -0.2) is 13.4 Å². The number of rotatable bonds is 5. The van der Waals surface area contributed by atoms with Crippen LogP contribution in [0.4, 0.5) is 5.69 Å². The molecule has 1 aromatic carbocycles. The number of nitrogens with two attached hydrogens (primary N) is 1. The molecule has 2 heterocycles. The summed E-state index contributed by atoms with van der Waals surface area (Å²) in [7, 11) is -3.36. The summed E-state index contributed by atoms with van der Waals surface area (Å²) < 4.78 is 29.7. The minimum Gasteiger partial charge on any atom is -0.455 e. The zero-order valence-electron chi connectivity index (χ0n) is 14.1. The number of anilines is 1. The molecule has 3 rings (SSSR count). The summed E-state index contributed by atoms with van der Waals surface area (Å²) in [5.74, 6) is 1.09. The van der Waals surface area contributed by atoms with Crippen LogP contribution < -0.4 is 10.5 Å². The molecular weight excluding hydrogens is 469 g/mol. The lowest BCUT2D eigenvalue weighted by Crippen LogP contribution is -2.24. The number of benzene rings is 1. The first kappa shape index (κ1) is 18.9. The van der Waals surface area contributed by atoms with E-state index in [1.807, 2.05) is 0 Å². The Balaban J connectivity index is 1.88. The number of aromatic nitrogens is 1. The average molecular weight is 487 g/mol. The average Bonchev–Trinajstić information content (AvgIpc) is 2.97. The molecule has 2 aromatic rings. The van der Waals surface area contributed by atoms with Gasteiger partial charge in [0.1, 0.15) is 11.5 Å². The number of halogens is 1. The Morgan fingerprint density at radius 3 is 2.69 bits per heavy atom. The molecule has 0 saturated carbocycles. The molecule has 1 amide bonds. The molecule has 0 aliphatic carbocycles. The first-order valence-electron chi connectivity index (χ1n) is 7.93. The van der Waals surface area contributed by atoms with Gasteiger partial charge < -0.3 is 15.4 Å². The second-order valence-electron chi connectivity index (χ2n) is 6.11. The van der Waals surface area contributed by atoms with Gasteiger partial charge in [-0.2, -0.15) is 0 Å². The molecule has 0 spiro atoms. The summed E-state index contributed by atoms with van der Waals surface area (Å²) in [6, 6.07) is 6.56. The highest BCUT2D eigenvalue weighted by Gasteiger charge is 2.22. The number of carbonyl (C=O) groups is 1. The van der Waals surface area contributed by atoms with Crippen molar-refractivity contribution >= 4 is 44.0 Å². The summed E-state index contributed by atoms with van der Waals surface area (Å²) in [4.78, 5) is 17.6. The topological polar surface area (TPSA) is 103 Å². The number of hydrogen-bond donors (Lipinski definition) is 1. The van der Waals surface area contributed by atoms with E-state index in [4.69, 9.17) is 10.5 Å². The van der Waals surface area contributed by atoms with E-state index in [9.17, 15) is 13.2 Å². The van der Waals surface area contributed by atoms with Crippen LogP contribution in [0.2, 0.25) is 0 Å². The summed E-state index contributed by atoms with van der Waals surface area (Å²) in [5.41, 5.74) is 7.43. The Bertz CT molecular complexity index is 945. The first-order chi connectivity index (χ1) is 12.2. The van der Waals surface area contributed by atoms with Crippen molar-refractivity contribution in [2.75, 3.05) is 18.5 Å². The van der Waals surface area contributed by atoms with Crippen molar-refractivity contribution in [2.24, 2.45) is 0 Å². The van der Waals surface area contributed by atoms with E-state index in [2.05, 4.69) is 27.6 Å². The van der Waals surface area contributed by atoms with Crippen LogP contribution in [0.5, 0.6) is 11.5 Å². The molecular formula is C17H18IN3O4S. The van der Waals surface area contributed by atoms with Crippen LogP contribution in [0, 0.1) is 3.57 Å². The van der Waals surface area contributed by atoms with E-state index in [1.54, 1.807) is 23.1 Å². The summed E-state index contributed by atoms with van der Waals surface area (Å²) >= 11 is 2.11. The zero-order chi connectivity index (χ0) is 18.9. The minimum atomic E-state index is -3.36. The van der Waals surface area contributed by atoms with E-state index in [0.717, 1.165) is 28.4 Å². The van der Waals surface area contributed by atoms with Crippen LogP contribution in [0.1, 0.15) is 18.4 Å². The molecule has 1 aliphatic heterocycles. The highest BCUT2D eigenvalue weighted by atomic mass is 127. The fourth-order valence-corrected chi connectivity index (χ4v) is 3.69. The maximum atomic E-state index is 11.9. The predicted octanol–water partition coefficient (Wildman–Crippen LogP) is 2.59. The fourth-order valence-electron chi connectivity index (χ4n) is 2.69. The highest BCUT2D eigenvalue weighted by Crippen LogP contribution is 2.32. The van der Waals surface area contributed by atoms with Gasteiger partial charge in [0.15, 0.2) is 14.9 Å². The Hall–Kier alpha value is -1.88. The van der Waals surface area contributed by atoms with Gasteiger partial charge in [0, 0.05) is 40.6 Å². The maximum absolute atomic E-state index is 11.9. The third-order valence-corrected chi connectivity index (χ3v) is 5.96. The molecule has 2 N–H and O–H groups in total. The van der Waals surface area contributed by atoms with Crippen molar-refractivity contribution < 1.29 is 17.9 Å². The summed E-state index contributed by atoms with van der Waals surface area (Å²) in [5, 5.41) is -0.0142. The van der Waals surface area contributed by atoms with E-state index in [-0.39, 0.29) is 10.9 Å². The SMILES string of the molecule is CS(=O)(=O)c1ccc(Oc2cc(I)c(N)cc2CN2CCCC2=O)cn1. The van der Waals surface area contributed by atoms with Crippen molar-refractivity contribution in [1.82, 2.24) is 9.88 Å². The summed E-state index contributed by atoms with van der Waals surface area (Å²) in [6.07, 6.45) is 3.88. The Kier molecular flexibility index (Phi) is 5.37. The monoisotopic (exact) mass is 487 g/mol. The molecule has 0 radical (unpaired) electrons. The lowest BCUT2D eigenvalue weighted by molar-refractivity contribution is -0.128. The Morgan fingerprint density at radius 1 is 1.35 bits per heavy atom. The fraction of sp³-hybridized carbons (Fsp3) is 0.294. The van der Waals surface area contributed by atoms with Crippen molar-refractivity contribution in [3.05, 3.63) is 39.6 Å². The number of pyridine rings is 1. The Morgan fingerprint density at radius 2 is 2.12 bits per heavy atom. The van der Waals surface area contributed by atoms with Crippen molar-refractivity contribution in [3.8, 4) is 11.5 Å². The van der Waals surface area contributed by atoms with E-state index >= 15 is 0 Å². The number of nitrogens with zero attached hydrogens (tertiary/aromatic N) is 2. The third-order valence-electron chi connectivity index (χ3n) is 4.03. The highest BCUT2D eigenvalue weighted by molar-refractivity contribution is 14.1. The van der Waals surface area contributed by atoms with E-state index in [0.29, 0.717) is 30.2 Å². The van der Waals surface area contributed by atoms with Gasteiger partial charge in [0.05, 0.1) is 6.20 Å². The van der Waals surface area contributed by atoms with Gasteiger partial charge in [0.25, 0.3) is 0 Å². The lowest BCUT2D eigenvalue weighted by Gasteiger charge is -2.19. The van der Waals surface area contributed by atoms with Crippen LogP contribution in [0.25, 0.3) is 0 Å². The van der Waals surface area contributed by atoms with Crippen LogP contribution in [0.15, 0.2) is 35.5 Å². The van der Waals surface area contributed by atoms with Crippen molar-refractivity contribution in [2.45, 2.75) is 24.4 Å². The molecule has 0 atom stereocenters. The van der Waals surface area contributed by atoms with Gasteiger partial charge in [-0.15, -0.1) is 0 Å². The number of sulfone groups is 1. The van der Waals surface area contributed by atoms with Crippen LogP contribution in [0.3, 0.4) is 0 Å². The van der Waals surface area contributed by atoms with Crippen molar-refractivity contribution in [1.29, 1.82) is 0 Å². The largest absolute Gasteiger partial charge is 0.455 e. The molecule has 0 bridgehead atoms. The lowest BCUT2D eigenvalue weighted by atomic mass is 10.1. The molecule has 7 nitrogen and oxygen atoms in total. The maximum Gasteiger partial charge on any atom is 0.222 e. The number of nitrogen functional groups attached to an aromatic ring is 1. The number of ether oxygens (including phenoxy) is 1. The molecule has 0 unspecified atom stereocenters. The predicted molar refractivity (Wildman–Crippen MR) is 106 cm³/mol. The molecule has 1 saturated heterocycles. The van der Waals surface area contributed by atoms with E-state index < -0.39 is 9.84 Å². The van der Waals surface area contributed by atoms with Crippen LogP contribution in [-0.4, -0.2) is 37.0 Å². The second-order valence-corrected chi connectivity index (χ2v) is 9.23.